The summed E-state index contributed by atoms with van der Waals surface area (Å²) < 4.78 is 12.2. The van der Waals surface area contributed by atoms with Crippen LogP contribution in [0.25, 0.3) is 0 Å². The average molecular weight is 264 g/mol. The van der Waals surface area contributed by atoms with Gasteiger partial charge in [0.05, 0.1) is 11.2 Å². The van der Waals surface area contributed by atoms with Crippen LogP contribution in [0.15, 0.2) is 11.5 Å². The van der Waals surface area contributed by atoms with Crippen LogP contribution in [0.1, 0.15) is 48.0 Å². The summed E-state index contributed by atoms with van der Waals surface area (Å²) in [7, 11) is -0.154. The predicted octanol–water partition coefficient (Wildman–Crippen LogP) is 2.86. The highest BCUT2D eigenvalue weighted by Crippen LogP contribution is 2.39. The molecule has 0 aliphatic carbocycles. The van der Waals surface area contributed by atoms with E-state index in [0.717, 1.165) is 26.1 Å². The lowest BCUT2D eigenvalue weighted by atomic mass is 9.74. The lowest BCUT2D eigenvalue weighted by Gasteiger charge is -2.32. The van der Waals surface area contributed by atoms with Crippen molar-refractivity contribution in [3.8, 4) is 0 Å². The largest absolute Gasteiger partial charge is 0.490 e. The highest BCUT2D eigenvalue weighted by Gasteiger charge is 2.52. The fourth-order valence-electron chi connectivity index (χ4n) is 2.53. The maximum absolute atomic E-state index is 6.11. The Hall–Kier alpha value is -0.315. The van der Waals surface area contributed by atoms with Crippen LogP contribution in [0.3, 0.4) is 0 Å². The molecule has 4 heteroatoms. The Morgan fingerprint density at radius 3 is 2.21 bits per heavy atom. The van der Waals surface area contributed by atoms with E-state index >= 15 is 0 Å². The average Bonchev–Trinajstić information content (AvgIpc) is 2.48. The van der Waals surface area contributed by atoms with E-state index in [1.54, 1.807) is 0 Å². The van der Waals surface area contributed by atoms with Gasteiger partial charge in [-0.2, -0.15) is 0 Å². The summed E-state index contributed by atoms with van der Waals surface area (Å²) in [5.74, 6) is 1.47. The molecule has 0 amide bonds. The fraction of sp³-hybridized carbons (Fsp3) is 0.800. The standard InChI is InChI=1S/C15H27BNO2/c1-12(2)11-17-9-7-13(8-10-17)16-18-14(3,4)15(5,6)19-16/h7H,8-11H2,1-6H3. The summed E-state index contributed by atoms with van der Waals surface area (Å²) >= 11 is 0. The molecule has 0 unspecified atom stereocenters. The molecule has 2 aliphatic heterocycles. The van der Waals surface area contributed by atoms with Crippen molar-refractivity contribution in [3.05, 3.63) is 17.5 Å². The topological polar surface area (TPSA) is 21.7 Å². The molecular formula is C15H27BNO2. The molecule has 1 saturated heterocycles. The summed E-state index contributed by atoms with van der Waals surface area (Å²) in [6.45, 7) is 16.0. The van der Waals surface area contributed by atoms with E-state index in [0.29, 0.717) is 0 Å². The fourth-order valence-corrected chi connectivity index (χ4v) is 2.53. The van der Waals surface area contributed by atoms with Crippen molar-refractivity contribution in [2.24, 2.45) is 0 Å². The minimum atomic E-state index is -0.233. The SMILES string of the molecule is C[C](C)CN1CC=C(B2OC(C)(C)C(C)(C)O2)CC1. The van der Waals surface area contributed by atoms with Gasteiger partial charge >= 0.3 is 7.12 Å². The molecule has 107 valence electrons. The van der Waals surface area contributed by atoms with E-state index in [1.165, 1.54) is 11.4 Å². The second-order valence-electron chi connectivity index (χ2n) is 7.06. The van der Waals surface area contributed by atoms with Crippen molar-refractivity contribution >= 4 is 7.12 Å². The maximum Gasteiger partial charge on any atom is 0.490 e. The third kappa shape index (κ3) is 3.23. The second-order valence-corrected chi connectivity index (χ2v) is 7.06. The zero-order chi connectivity index (χ0) is 14.3. The van der Waals surface area contributed by atoms with E-state index in [1.807, 2.05) is 0 Å². The van der Waals surface area contributed by atoms with Crippen LogP contribution in [0, 0.1) is 5.92 Å². The molecule has 2 aliphatic rings. The molecule has 19 heavy (non-hydrogen) atoms. The third-order valence-corrected chi connectivity index (χ3v) is 4.42. The van der Waals surface area contributed by atoms with Gasteiger partial charge in [0.2, 0.25) is 0 Å². The number of rotatable bonds is 3. The minimum absolute atomic E-state index is 0.154. The summed E-state index contributed by atoms with van der Waals surface area (Å²) in [5, 5.41) is 0. The van der Waals surface area contributed by atoms with Gasteiger partial charge in [0.1, 0.15) is 0 Å². The first-order chi connectivity index (χ1) is 8.71. The molecule has 0 aromatic carbocycles. The van der Waals surface area contributed by atoms with Gasteiger partial charge in [-0.15, -0.1) is 0 Å². The molecular weight excluding hydrogens is 237 g/mol. The summed E-state index contributed by atoms with van der Waals surface area (Å²) in [5.41, 5.74) is 0.844. The molecule has 0 aromatic heterocycles. The van der Waals surface area contributed by atoms with Gasteiger partial charge in [-0.05, 0) is 45.5 Å². The smallest absolute Gasteiger partial charge is 0.400 e. The Bertz CT molecular complexity index is 347. The molecule has 0 atom stereocenters. The molecule has 0 bridgehead atoms. The van der Waals surface area contributed by atoms with Crippen molar-refractivity contribution in [1.82, 2.24) is 4.90 Å². The summed E-state index contributed by atoms with van der Waals surface area (Å²) in [6, 6.07) is 0. The Morgan fingerprint density at radius 1 is 1.21 bits per heavy atom. The van der Waals surface area contributed by atoms with E-state index in [4.69, 9.17) is 9.31 Å². The quantitative estimate of drug-likeness (QED) is 0.732. The Kier molecular flexibility index (Phi) is 4.15. The predicted molar refractivity (Wildman–Crippen MR) is 79.8 cm³/mol. The van der Waals surface area contributed by atoms with Crippen LogP contribution >= 0.6 is 0 Å². The van der Waals surface area contributed by atoms with Crippen LogP contribution in [-0.2, 0) is 9.31 Å². The highest BCUT2D eigenvalue weighted by molar-refractivity contribution is 6.54. The van der Waals surface area contributed by atoms with E-state index in [2.05, 4.69) is 52.5 Å². The molecule has 3 nitrogen and oxygen atoms in total. The summed E-state index contributed by atoms with van der Waals surface area (Å²) in [6.07, 6.45) is 3.33. The van der Waals surface area contributed by atoms with Crippen molar-refractivity contribution in [3.63, 3.8) is 0 Å². The Balaban J connectivity index is 1.97. The third-order valence-electron chi connectivity index (χ3n) is 4.42. The lowest BCUT2D eigenvalue weighted by Crippen LogP contribution is -2.41. The van der Waals surface area contributed by atoms with Crippen LogP contribution in [-0.4, -0.2) is 42.9 Å². The maximum atomic E-state index is 6.11. The molecule has 0 aromatic rings. The number of hydrogen-bond acceptors (Lipinski definition) is 3. The Morgan fingerprint density at radius 2 is 1.79 bits per heavy atom. The van der Waals surface area contributed by atoms with E-state index in [9.17, 15) is 0 Å². The van der Waals surface area contributed by atoms with Gasteiger partial charge in [-0.3, -0.25) is 4.90 Å². The first-order valence-corrected chi connectivity index (χ1v) is 7.27. The van der Waals surface area contributed by atoms with Gasteiger partial charge in [0.15, 0.2) is 0 Å². The van der Waals surface area contributed by atoms with Crippen LogP contribution in [0.4, 0.5) is 0 Å². The monoisotopic (exact) mass is 264 g/mol. The molecule has 2 rings (SSSR count). The van der Waals surface area contributed by atoms with Gasteiger partial charge in [-0.25, -0.2) is 0 Å². The van der Waals surface area contributed by atoms with Gasteiger partial charge in [0.25, 0.3) is 0 Å². The normalized spacial score (nSPS) is 26.9. The van der Waals surface area contributed by atoms with Gasteiger partial charge < -0.3 is 9.31 Å². The zero-order valence-corrected chi connectivity index (χ0v) is 13.2. The zero-order valence-electron chi connectivity index (χ0n) is 13.2. The van der Waals surface area contributed by atoms with Crippen molar-refractivity contribution in [2.75, 3.05) is 19.6 Å². The Labute approximate surface area is 118 Å². The van der Waals surface area contributed by atoms with Crippen LogP contribution in [0.5, 0.6) is 0 Å². The number of nitrogens with zero attached hydrogens (tertiary/aromatic N) is 1. The van der Waals surface area contributed by atoms with Crippen molar-refractivity contribution in [1.29, 1.82) is 0 Å². The van der Waals surface area contributed by atoms with E-state index in [-0.39, 0.29) is 18.3 Å². The number of hydrogen-bond donors (Lipinski definition) is 0. The molecule has 0 N–H and O–H groups in total. The second kappa shape index (κ2) is 5.23. The van der Waals surface area contributed by atoms with Gasteiger partial charge in [-0.1, -0.05) is 19.9 Å². The lowest BCUT2D eigenvalue weighted by molar-refractivity contribution is 0.00578. The van der Waals surface area contributed by atoms with Crippen LogP contribution < -0.4 is 0 Å². The molecule has 0 saturated carbocycles. The van der Waals surface area contributed by atoms with Crippen LogP contribution in [0.2, 0.25) is 0 Å². The first-order valence-electron chi connectivity index (χ1n) is 7.27. The summed E-state index contributed by atoms with van der Waals surface area (Å²) in [4.78, 5) is 2.46. The molecule has 1 radical (unpaired) electrons. The van der Waals surface area contributed by atoms with Crippen molar-refractivity contribution < 1.29 is 9.31 Å². The van der Waals surface area contributed by atoms with E-state index < -0.39 is 0 Å². The molecule has 2 heterocycles. The minimum Gasteiger partial charge on any atom is -0.400 e. The van der Waals surface area contributed by atoms with Gasteiger partial charge in [0, 0.05) is 19.6 Å². The molecule has 1 fully saturated rings. The molecule has 0 spiro atoms. The highest BCUT2D eigenvalue weighted by atomic mass is 16.7. The first kappa shape index (κ1) is 15.1. The van der Waals surface area contributed by atoms with Crippen molar-refractivity contribution in [2.45, 2.75) is 59.2 Å².